The number of methoxy groups -OCH3 is 1. The normalized spacial score (nSPS) is 18.3. The number of fused-ring (bicyclic) bond motifs is 1. The number of benzene rings is 2. The number of esters is 1. The summed E-state index contributed by atoms with van der Waals surface area (Å²) in [6.45, 7) is 9.69. The second-order valence-corrected chi connectivity index (χ2v) is 8.23. The fraction of sp³-hybridized carbons (Fsp3) is 0.500. The van der Waals surface area contributed by atoms with Crippen molar-refractivity contribution in [2.45, 2.75) is 45.5 Å². The van der Waals surface area contributed by atoms with Crippen molar-refractivity contribution in [3.8, 4) is 11.5 Å². The Balaban J connectivity index is 1.91. The lowest BCUT2D eigenvalue weighted by Gasteiger charge is -2.29. The monoisotopic (exact) mass is 402 g/mol. The van der Waals surface area contributed by atoms with Crippen molar-refractivity contribution >= 4 is 22.4 Å². The maximum absolute atomic E-state index is 12.5. The third kappa shape index (κ3) is 5.10. The standard InChI is InChI=1S/C22H30N2O5/c1-13(20-12-24-6-7-27-20)28-19-11-15-9-17(23)16(21(25)29-22(2,3)4)8-14(15)10-18(19)26-5/h8-11,13,20,24H,6-7,12,23H2,1-5H3. The van der Waals surface area contributed by atoms with Crippen molar-refractivity contribution in [3.63, 3.8) is 0 Å². The summed E-state index contributed by atoms with van der Waals surface area (Å²) in [6.07, 6.45) is -0.198. The summed E-state index contributed by atoms with van der Waals surface area (Å²) in [7, 11) is 1.59. The molecule has 158 valence electrons. The average Bonchev–Trinajstić information content (AvgIpc) is 2.66. The Kier molecular flexibility index (Phi) is 6.19. The molecule has 3 N–H and O–H groups in total. The molecule has 0 aliphatic carbocycles. The van der Waals surface area contributed by atoms with Crippen molar-refractivity contribution < 1.29 is 23.7 Å². The molecule has 0 aromatic heterocycles. The second kappa shape index (κ2) is 8.47. The van der Waals surface area contributed by atoms with Crippen molar-refractivity contribution in [1.82, 2.24) is 5.32 Å². The van der Waals surface area contributed by atoms with Crippen LogP contribution in [0.5, 0.6) is 11.5 Å². The highest BCUT2D eigenvalue weighted by Crippen LogP contribution is 2.35. The van der Waals surface area contributed by atoms with Crippen LogP contribution in [-0.2, 0) is 9.47 Å². The van der Waals surface area contributed by atoms with E-state index in [-0.39, 0.29) is 12.2 Å². The Bertz CT molecular complexity index is 885. The molecule has 1 aliphatic heterocycles. The first-order chi connectivity index (χ1) is 13.7. The van der Waals surface area contributed by atoms with Gasteiger partial charge in [-0.05, 0) is 62.7 Å². The summed E-state index contributed by atoms with van der Waals surface area (Å²) in [5.41, 5.74) is 6.24. The Morgan fingerprint density at radius 3 is 2.52 bits per heavy atom. The maximum atomic E-state index is 12.5. The minimum Gasteiger partial charge on any atom is -0.493 e. The lowest BCUT2D eigenvalue weighted by atomic mass is 10.0. The van der Waals surface area contributed by atoms with Crippen LogP contribution in [0.1, 0.15) is 38.1 Å². The number of carbonyl (C=O) groups is 1. The maximum Gasteiger partial charge on any atom is 0.340 e. The van der Waals surface area contributed by atoms with E-state index in [1.165, 1.54) is 0 Å². The molecule has 1 fully saturated rings. The Morgan fingerprint density at radius 2 is 1.90 bits per heavy atom. The van der Waals surface area contributed by atoms with Crippen molar-refractivity contribution in [3.05, 3.63) is 29.8 Å². The van der Waals surface area contributed by atoms with Crippen LogP contribution in [0.4, 0.5) is 5.69 Å². The summed E-state index contributed by atoms with van der Waals surface area (Å²) in [5.74, 6) is 0.728. The minimum atomic E-state index is -0.597. The van der Waals surface area contributed by atoms with Gasteiger partial charge in [-0.3, -0.25) is 0 Å². The fourth-order valence-electron chi connectivity index (χ4n) is 3.25. The highest BCUT2D eigenvalue weighted by Gasteiger charge is 2.24. The molecule has 0 saturated carbocycles. The zero-order valence-electron chi connectivity index (χ0n) is 17.7. The van der Waals surface area contributed by atoms with E-state index < -0.39 is 11.6 Å². The van der Waals surface area contributed by atoms with Crippen LogP contribution in [0.15, 0.2) is 24.3 Å². The van der Waals surface area contributed by atoms with Crippen molar-refractivity contribution in [2.24, 2.45) is 0 Å². The van der Waals surface area contributed by atoms with Gasteiger partial charge in [-0.15, -0.1) is 0 Å². The minimum absolute atomic E-state index is 0.0382. The molecule has 0 spiro atoms. The highest BCUT2D eigenvalue weighted by molar-refractivity contribution is 6.02. The fourth-order valence-corrected chi connectivity index (χ4v) is 3.25. The molecule has 2 unspecified atom stereocenters. The van der Waals surface area contributed by atoms with E-state index in [4.69, 9.17) is 24.7 Å². The number of rotatable bonds is 5. The van der Waals surface area contributed by atoms with Gasteiger partial charge in [-0.25, -0.2) is 4.79 Å². The number of nitrogen functional groups attached to an aromatic ring is 1. The summed E-state index contributed by atoms with van der Waals surface area (Å²) in [4.78, 5) is 12.5. The molecule has 7 nitrogen and oxygen atoms in total. The average molecular weight is 402 g/mol. The number of nitrogens with one attached hydrogen (secondary N) is 1. The van der Waals surface area contributed by atoms with Gasteiger partial charge < -0.3 is 30.0 Å². The molecule has 1 heterocycles. The SMILES string of the molecule is COc1cc2cc(C(=O)OC(C)(C)C)c(N)cc2cc1OC(C)C1CNCCO1. The molecule has 1 saturated heterocycles. The number of nitrogens with two attached hydrogens (primary N) is 1. The molecular formula is C22H30N2O5. The number of hydrogen-bond donors (Lipinski definition) is 2. The number of carbonyl (C=O) groups excluding carboxylic acids is 1. The predicted octanol–water partition coefficient (Wildman–Crippen LogP) is 3.14. The molecule has 7 heteroatoms. The van der Waals surface area contributed by atoms with Crippen LogP contribution < -0.4 is 20.5 Å². The zero-order chi connectivity index (χ0) is 21.2. The quantitative estimate of drug-likeness (QED) is 0.586. The van der Waals surface area contributed by atoms with Gasteiger partial charge >= 0.3 is 5.97 Å². The third-order valence-electron chi connectivity index (χ3n) is 4.70. The van der Waals surface area contributed by atoms with Crippen LogP contribution in [0, 0.1) is 0 Å². The molecular weight excluding hydrogens is 372 g/mol. The van der Waals surface area contributed by atoms with Crippen LogP contribution in [0.3, 0.4) is 0 Å². The van der Waals surface area contributed by atoms with Crippen LogP contribution in [0.25, 0.3) is 10.8 Å². The number of hydrogen-bond acceptors (Lipinski definition) is 7. The molecule has 0 amide bonds. The van der Waals surface area contributed by atoms with Gasteiger partial charge in [0.15, 0.2) is 11.5 Å². The molecule has 0 bridgehead atoms. The molecule has 29 heavy (non-hydrogen) atoms. The van der Waals surface area contributed by atoms with Crippen LogP contribution >= 0.6 is 0 Å². The van der Waals surface area contributed by atoms with E-state index in [2.05, 4.69) is 5.32 Å². The third-order valence-corrected chi connectivity index (χ3v) is 4.70. The number of ether oxygens (including phenoxy) is 4. The highest BCUT2D eigenvalue weighted by atomic mass is 16.6. The molecule has 3 rings (SSSR count). The molecule has 2 aromatic rings. The van der Waals surface area contributed by atoms with Gasteiger partial charge in [-0.2, -0.15) is 0 Å². The van der Waals surface area contributed by atoms with E-state index in [1.54, 1.807) is 19.2 Å². The number of morpholine rings is 1. The summed E-state index contributed by atoms with van der Waals surface area (Å²) in [5, 5.41) is 4.96. The van der Waals surface area contributed by atoms with Gasteiger partial charge in [0.2, 0.25) is 0 Å². The first-order valence-corrected chi connectivity index (χ1v) is 9.81. The van der Waals surface area contributed by atoms with Crippen molar-refractivity contribution in [2.75, 3.05) is 32.5 Å². The molecule has 2 atom stereocenters. The topological polar surface area (TPSA) is 92.0 Å². The van der Waals surface area contributed by atoms with E-state index in [0.717, 1.165) is 23.9 Å². The van der Waals surface area contributed by atoms with Crippen LogP contribution in [0.2, 0.25) is 0 Å². The molecule has 1 aliphatic rings. The van der Waals surface area contributed by atoms with Gasteiger partial charge in [0, 0.05) is 18.8 Å². The molecule has 2 aromatic carbocycles. The molecule has 0 radical (unpaired) electrons. The van der Waals surface area contributed by atoms with Crippen molar-refractivity contribution in [1.29, 1.82) is 0 Å². The van der Waals surface area contributed by atoms with Gasteiger partial charge in [0.05, 0.1) is 19.3 Å². The lowest BCUT2D eigenvalue weighted by Crippen LogP contribution is -2.46. The van der Waals surface area contributed by atoms with Gasteiger partial charge in [0.25, 0.3) is 0 Å². The van der Waals surface area contributed by atoms with E-state index in [0.29, 0.717) is 29.4 Å². The first kappa shape index (κ1) is 21.2. The van der Waals surface area contributed by atoms with E-state index in [1.807, 2.05) is 39.8 Å². The van der Waals surface area contributed by atoms with E-state index >= 15 is 0 Å². The summed E-state index contributed by atoms with van der Waals surface area (Å²) in [6, 6.07) is 7.19. The van der Waals surface area contributed by atoms with Gasteiger partial charge in [0.1, 0.15) is 17.8 Å². The lowest BCUT2D eigenvalue weighted by molar-refractivity contribution is -0.0355. The zero-order valence-corrected chi connectivity index (χ0v) is 17.7. The predicted molar refractivity (Wildman–Crippen MR) is 113 cm³/mol. The largest absolute Gasteiger partial charge is 0.493 e. The van der Waals surface area contributed by atoms with Gasteiger partial charge in [-0.1, -0.05) is 0 Å². The smallest absolute Gasteiger partial charge is 0.340 e. The Hall–Kier alpha value is -2.51. The first-order valence-electron chi connectivity index (χ1n) is 9.81. The summed E-state index contributed by atoms with van der Waals surface area (Å²) >= 11 is 0. The Morgan fingerprint density at radius 1 is 1.21 bits per heavy atom. The summed E-state index contributed by atoms with van der Waals surface area (Å²) < 4.78 is 22.9. The second-order valence-electron chi connectivity index (χ2n) is 8.23. The van der Waals surface area contributed by atoms with E-state index in [9.17, 15) is 4.79 Å². The Labute approximate surface area is 171 Å². The number of anilines is 1. The van der Waals surface area contributed by atoms with Crippen LogP contribution in [-0.4, -0.2) is 50.6 Å².